The van der Waals surface area contributed by atoms with Crippen molar-refractivity contribution in [1.29, 1.82) is 0 Å². The van der Waals surface area contributed by atoms with Crippen LogP contribution in [0.2, 0.25) is 5.02 Å². The SMILES string of the molecule is CO[C@H]1/C=C/CCC[S@@](=O)(NC(=O)c2cc3n(c2)CCOC3)=NC(=O)c2ccc3c(c2)N(Cc2ccc(Cl)cc2[C@H]2C[C@H]2CCO3)C[C@@H]2CC[C@H]21. The number of benzene rings is 2. The van der Waals surface area contributed by atoms with Crippen LogP contribution in [0.15, 0.2) is 65.2 Å². The van der Waals surface area contributed by atoms with Gasteiger partial charge in [0.15, 0.2) is 0 Å². The Bertz CT molecular complexity index is 1960. The summed E-state index contributed by atoms with van der Waals surface area (Å²) in [4.78, 5) is 29.8. The molecule has 6 atom stereocenters. The van der Waals surface area contributed by atoms with E-state index in [4.69, 9.17) is 25.8 Å². The maximum atomic E-state index is 14.5. The number of amides is 2. The summed E-state index contributed by atoms with van der Waals surface area (Å²) < 4.78 is 41.4. The van der Waals surface area contributed by atoms with Crippen molar-refractivity contribution < 1.29 is 28.0 Å². The third-order valence-electron chi connectivity index (χ3n) is 11.3. The molecule has 1 N–H and O–H groups in total. The van der Waals surface area contributed by atoms with Crippen LogP contribution >= 0.6 is 11.6 Å². The average Bonchev–Trinajstić information content (AvgIpc) is 3.74. The van der Waals surface area contributed by atoms with Gasteiger partial charge in [-0.3, -0.25) is 14.3 Å². The number of aromatic nitrogens is 1. The predicted molar refractivity (Wildman–Crippen MR) is 197 cm³/mol. The van der Waals surface area contributed by atoms with E-state index in [1.54, 1.807) is 25.4 Å². The minimum absolute atomic E-state index is 0.0249. The molecule has 2 bridgehead atoms. The number of allylic oxidation sites excluding steroid dienone is 1. The Morgan fingerprint density at radius 2 is 2.00 bits per heavy atom. The fourth-order valence-electron chi connectivity index (χ4n) is 8.21. The summed E-state index contributed by atoms with van der Waals surface area (Å²) in [5.74, 6) is 1.27. The zero-order valence-corrected chi connectivity index (χ0v) is 30.5. The molecule has 3 aromatic rings. The number of carbonyl (C=O) groups excluding carboxylic acids is 2. The first-order valence-corrected chi connectivity index (χ1v) is 20.2. The fourth-order valence-corrected chi connectivity index (χ4v) is 9.97. The molecular formula is C39H45ClN4O6S. The number of hydrogen-bond acceptors (Lipinski definition) is 7. The van der Waals surface area contributed by atoms with E-state index in [1.165, 1.54) is 11.1 Å². The van der Waals surface area contributed by atoms with E-state index in [-0.39, 0.29) is 11.9 Å². The van der Waals surface area contributed by atoms with Crippen molar-refractivity contribution in [2.45, 2.75) is 70.2 Å². The van der Waals surface area contributed by atoms with Crippen LogP contribution in [0, 0.1) is 17.8 Å². The number of hydrogen-bond donors (Lipinski definition) is 1. The van der Waals surface area contributed by atoms with Crippen molar-refractivity contribution in [3.63, 3.8) is 0 Å². The Hall–Kier alpha value is -3.64. The number of nitrogens with one attached hydrogen (secondary N) is 1. The molecule has 270 valence electrons. The summed E-state index contributed by atoms with van der Waals surface area (Å²) in [6.45, 7) is 3.54. The Balaban J connectivity index is 1.18. The zero-order valence-electron chi connectivity index (χ0n) is 28.9. The highest BCUT2D eigenvalue weighted by atomic mass is 35.5. The van der Waals surface area contributed by atoms with Crippen LogP contribution in [0.1, 0.15) is 82.0 Å². The van der Waals surface area contributed by atoms with Crippen LogP contribution < -0.4 is 14.4 Å². The molecule has 5 aliphatic rings. The molecular weight excluding hydrogens is 688 g/mol. The molecule has 0 radical (unpaired) electrons. The molecule has 10 nitrogen and oxygen atoms in total. The summed E-state index contributed by atoms with van der Waals surface area (Å²) >= 11 is 6.55. The van der Waals surface area contributed by atoms with Crippen LogP contribution in [0.25, 0.3) is 0 Å². The van der Waals surface area contributed by atoms with Crippen molar-refractivity contribution >= 4 is 39.0 Å². The number of methoxy groups -OCH3 is 1. The summed E-state index contributed by atoms with van der Waals surface area (Å²) in [7, 11) is -1.73. The standard InChI is InChI=1S/C39H45ClN4O6S/c1-48-36-5-3-2-4-16-51(47,42-39(46)29-17-31-24-49-15-13-43(31)23-29)41-38(45)26-8-11-37-35(19-26)44(21-27-7-10-32(27)36)22-28-6-9-30(40)20-34(28)33-18-25(33)12-14-50-37/h3,5-6,8-9,11,17,19-20,23,25,27,32-33,36H,2,4,7,10,12-16,18,21-22,24H2,1H3,(H,41,42,45,46,47)/b5-3+/t25-,27+,32-,33+,36+,51+/m1/s1. The summed E-state index contributed by atoms with van der Waals surface area (Å²) in [6.07, 6.45) is 11.1. The summed E-state index contributed by atoms with van der Waals surface area (Å²) in [5.41, 5.74) is 4.84. The lowest BCUT2D eigenvalue weighted by atomic mass is 9.70. The van der Waals surface area contributed by atoms with E-state index in [9.17, 15) is 13.8 Å². The molecule has 8 rings (SSSR count). The number of halogens is 1. The molecule has 2 aliphatic carbocycles. The normalized spacial score (nSPS) is 29.6. The lowest BCUT2D eigenvalue weighted by Gasteiger charge is -2.43. The number of ether oxygens (including phenoxy) is 3. The number of anilines is 1. The Labute approximate surface area is 304 Å². The first-order chi connectivity index (χ1) is 24.8. The van der Waals surface area contributed by atoms with Gasteiger partial charge in [0.05, 0.1) is 42.9 Å². The number of carbonyl (C=O) groups is 2. The van der Waals surface area contributed by atoms with Crippen LogP contribution in [0.5, 0.6) is 5.75 Å². The highest BCUT2D eigenvalue weighted by Crippen LogP contribution is 2.52. The van der Waals surface area contributed by atoms with Gasteiger partial charge in [0, 0.05) is 49.2 Å². The van der Waals surface area contributed by atoms with Gasteiger partial charge in [-0.15, -0.1) is 4.36 Å². The van der Waals surface area contributed by atoms with Crippen LogP contribution in [-0.2, 0) is 39.1 Å². The molecule has 2 fully saturated rings. The second kappa shape index (κ2) is 14.4. The van der Waals surface area contributed by atoms with Crippen molar-refractivity contribution in [3.05, 3.63) is 93.8 Å². The van der Waals surface area contributed by atoms with Crippen LogP contribution in [0.3, 0.4) is 0 Å². The van der Waals surface area contributed by atoms with Gasteiger partial charge in [-0.1, -0.05) is 29.8 Å². The van der Waals surface area contributed by atoms with Crippen LogP contribution in [-0.4, -0.2) is 59.3 Å². The molecule has 12 heteroatoms. The lowest BCUT2D eigenvalue weighted by molar-refractivity contribution is 0.0134. The third-order valence-corrected chi connectivity index (χ3v) is 13.3. The Kier molecular flexibility index (Phi) is 9.73. The smallest absolute Gasteiger partial charge is 0.286 e. The molecule has 3 aliphatic heterocycles. The van der Waals surface area contributed by atoms with E-state index in [0.29, 0.717) is 86.3 Å². The fraction of sp³-hybridized carbons (Fsp3) is 0.487. The molecule has 2 aromatic carbocycles. The lowest BCUT2D eigenvalue weighted by Crippen LogP contribution is -2.43. The molecule has 0 spiro atoms. The molecule has 51 heavy (non-hydrogen) atoms. The van der Waals surface area contributed by atoms with E-state index in [0.717, 1.165) is 48.6 Å². The predicted octanol–water partition coefficient (Wildman–Crippen LogP) is 6.91. The minimum atomic E-state index is -3.49. The largest absolute Gasteiger partial charge is 0.491 e. The highest BCUT2D eigenvalue weighted by Gasteiger charge is 2.41. The first kappa shape index (κ1) is 34.4. The van der Waals surface area contributed by atoms with Gasteiger partial charge in [-0.05, 0) is 110 Å². The van der Waals surface area contributed by atoms with Gasteiger partial charge >= 0.3 is 0 Å². The maximum Gasteiger partial charge on any atom is 0.286 e. The van der Waals surface area contributed by atoms with E-state index in [2.05, 4.69) is 38.3 Å². The van der Waals surface area contributed by atoms with E-state index < -0.39 is 21.7 Å². The van der Waals surface area contributed by atoms with Gasteiger partial charge in [0.2, 0.25) is 0 Å². The van der Waals surface area contributed by atoms with Gasteiger partial charge < -0.3 is 23.7 Å². The number of fused-ring (bicyclic) bond motifs is 6. The monoisotopic (exact) mass is 732 g/mol. The summed E-state index contributed by atoms with van der Waals surface area (Å²) in [5, 5.41) is 0.739. The second-order valence-corrected chi connectivity index (χ2v) is 17.1. The van der Waals surface area contributed by atoms with Crippen LogP contribution in [0.4, 0.5) is 5.69 Å². The minimum Gasteiger partial charge on any atom is -0.491 e. The molecule has 2 saturated carbocycles. The summed E-state index contributed by atoms with van der Waals surface area (Å²) in [6, 6.07) is 13.3. The van der Waals surface area contributed by atoms with Crippen molar-refractivity contribution in [1.82, 2.24) is 9.29 Å². The van der Waals surface area contributed by atoms with Gasteiger partial charge in [0.25, 0.3) is 11.8 Å². The van der Waals surface area contributed by atoms with E-state index >= 15 is 0 Å². The number of nitrogens with zero attached hydrogens (tertiary/aromatic N) is 3. The molecule has 1 aromatic heterocycles. The Morgan fingerprint density at radius 3 is 2.82 bits per heavy atom. The van der Waals surface area contributed by atoms with Gasteiger partial charge in [0.1, 0.15) is 15.7 Å². The molecule has 2 amide bonds. The highest BCUT2D eigenvalue weighted by molar-refractivity contribution is 7.92. The van der Waals surface area contributed by atoms with E-state index in [1.807, 2.05) is 22.8 Å². The van der Waals surface area contributed by atoms with Gasteiger partial charge in [-0.25, -0.2) is 4.21 Å². The average molecular weight is 733 g/mol. The third kappa shape index (κ3) is 7.36. The second-order valence-electron chi connectivity index (χ2n) is 14.6. The van der Waals surface area contributed by atoms with Crippen molar-refractivity contribution in [2.24, 2.45) is 22.1 Å². The topological polar surface area (TPSA) is 111 Å². The first-order valence-electron chi connectivity index (χ1n) is 18.1. The molecule has 0 unspecified atom stereocenters. The zero-order chi connectivity index (χ0) is 35.1. The molecule has 4 heterocycles. The Morgan fingerprint density at radius 1 is 1.10 bits per heavy atom. The quantitative estimate of drug-likeness (QED) is 0.292. The van der Waals surface area contributed by atoms with Crippen molar-refractivity contribution in [2.75, 3.05) is 37.5 Å². The van der Waals surface area contributed by atoms with Gasteiger partial charge in [-0.2, -0.15) is 0 Å². The number of rotatable bonds is 3. The maximum absolute atomic E-state index is 14.5. The van der Waals surface area contributed by atoms with Crippen molar-refractivity contribution in [3.8, 4) is 5.75 Å². The molecule has 0 saturated heterocycles.